The molecule has 0 aromatic carbocycles. The molecule has 6 heteroatoms. The minimum Gasteiger partial charge on any atom is -0.383 e. The van der Waals surface area contributed by atoms with Crippen LogP contribution in [0.25, 0.3) is 17.1 Å². The quantitative estimate of drug-likeness (QED) is 0.666. The number of nitrogen functional groups attached to an aromatic ring is 1. The summed E-state index contributed by atoms with van der Waals surface area (Å²) < 4.78 is 0. The van der Waals surface area contributed by atoms with Crippen molar-refractivity contribution in [1.29, 1.82) is 0 Å². The number of anilines is 1. The Morgan fingerprint density at radius 3 is 3.07 bits per heavy atom. The molecule has 0 unspecified atom stereocenters. The zero-order chi connectivity index (χ0) is 10.7. The van der Waals surface area contributed by atoms with E-state index in [1.54, 1.807) is 0 Å². The number of fused-ring (bicyclic) bond motifs is 1. The first-order valence-corrected chi connectivity index (χ1v) is 4.64. The summed E-state index contributed by atoms with van der Waals surface area (Å²) in [5.74, 6) is 0.432. The van der Waals surface area contributed by atoms with Gasteiger partial charge in [-0.25, -0.2) is 9.97 Å². The summed E-state index contributed by atoms with van der Waals surface area (Å²) in [6.45, 7) is 0.620. The number of aromatic nitrogens is 4. The molecule has 0 aliphatic heterocycles. The number of nitrogens with one attached hydrogen (secondary N) is 1. The predicted molar refractivity (Wildman–Crippen MR) is 58.8 cm³/mol. The first-order valence-electron chi connectivity index (χ1n) is 4.64. The van der Waals surface area contributed by atoms with E-state index < -0.39 is 0 Å². The van der Waals surface area contributed by atoms with Crippen molar-refractivity contribution in [3.8, 4) is 0 Å². The lowest BCUT2D eigenvalue weighted by Gasteiger charge is -1.93. The SMILES string of the molecule is NCCC=Cc1[nH]nc2ncnc(N)c12. The van der Waals surface area contributed by atoms with Crippen molar-refractivity contribution >= 4 is 22.9 Å². The van der Waals surface area contributed by atoms with Crippen LogP contribution in [0.4, 0.5) is 5.82 Å². The minimum atomic E-state index is 0.432. The number of nitrogens with two attached hydrogens (primary N) is 2. The lowest BCUT2D eigenvalue weighted by molar-refractivity contribution is 1.01. The maximum absolute atomic E-state index is 5.74. The van der Waals surface area contributed by atoms with E-state index in [-0.39, 0.29) is 0 Å². The van der Waals surface area contributed by atoms with E-state index >= 15 is 0 Å². The predicted octanol–water partition coefficient (Wildman–Crippen LogP) is 0.297. The van der Waals surface area contributed by atoms with E-state index in [0.717, 1.165) is 17.5 Å². The minimum absolute atomic E-state index is 0.432. The van der Waals surface area contributed by atoms with Crippen molar-refractivity contribution in [2.45, 2.75) is 6.42 Å². The lowest BCUT2D eigenvalue weighted by Crippen LogP contribution is -1.95. The Bertz CT molecular complexity index is 486. The van der Waals surface area contributed by atoms with E-state index in [1.807, 2.05) is 12.2 Å². The normalized spacial score (nSPS) is 11.5. The summed E-state index contributed by atoms with van der Waals surface area (Å²) in [6.07, 6.45) is 6.06. The molecule has 0 radical (unpaired) electrons. The molecule has 0 spiro atoms. The van der Waals surface area contributed by atoms with Crippen LogP contribution >= 0.6 is 0 Å². The van der Waals surface area contributed by atoms with Crippen LogP contribution in [0.15, 0.2) is 12.4 Å². The number of rotatable bonds is 3. The number of aromatic amines is 1. The highest BCUT2D eigenvalue weighted by molar-refractivity contribution is 5.92. The van der Waals surface area contributed by atoms with Crippen LogP contribution in [0.5, 0.6) is 0 Å². The molecule has 0 saturated heterocycles. The second-order valence-corrected chi connectivity index (χ2v) is 3.07. The fourth-order valence-electron chi connectivity index (χ4n) is 1.32. The second-order valence-electron chi connectivity index (χ2n) is 3.07. The number of nitrogens with zero attached hydrogens (tertiary/aromatic N) is 3. The van der Waals surface area contributed by atoms with Gasteiger partial charge in [0, 0.05) is 0 Å². The van der Waals surface area contributed by atoms with Crippen molar-refractivity contribution < 1.29 is 0 Å². The monoisotopic (exact) mass is 204 g/mol. The third kappa shape index (κ3) is 1.79. The van der Waals surface area contributed by atoms with Gasteiger partial charge in [0.15, 0.2) is 5.65 Å². The number of hydrogen-bond acceptors (Lipinski definition) is 5. The molecule has 2 heterocycles. The molecule has 0 atom stereocenters. The molecule has 78 valence electrons. The van der Waals surface area contributed by atoms with E-state index in [0.29, 0.717) is 18.0 Å². The van der Waals surface area contributed by atoms with Crippen LogP contribution in [0, 0.1) is 0 Å². The van der Waals surface area contributed by atoms with Gasteiger partial charge in [-0.2, -0.15) is 5.10 Å². The maximum atomic E-state index is 5.74. The standard InChI is InChI=1S/C9H12N6/c10-4-2-1-3-6-7-8(11)12-5-13-9(7)15-14-6/h1,3,5H,2,4,10H2,(H3,11,12,13,14,15). The molecule has 15 heavy (non-hydrogen) atoms. The van der Waals surface area contributed by atoms with Gasteiger partial charge in [0.25, 0.3) is 0 Å². The highest BCUT2D eigenvalue weighted by atomic mass is 15.2. The molecule has 0 amide bonds. The van der Waals surface area contributed by atoms with Crippen molar-refractivity contribution in [2.24, 2.45) is 5.73 Å². The van der Waals surface area contributed by atoms with E-state index in [4.69, 9.17) is 11.5 Å². The molecule has 2 aromatic heterocycles. The largest absolute Gasteiger partial charge is 0.383 e. The van der Waals surface area contributed by atoms with Crippen LogP contribution in [-0.4, -0.2) is 26.7 Å². The molecule has 0 bridgehead atoms. The van der Waals surface area contributed by atoms with Crippen LogP contribution in [0.3, 0.4) is 0 Å². The fourth-order valence-corrected chi connectivity index (χ4v) is 1.32. The van der Waals surface area contributed by atoms with E-state index in [2.05, 4.69) is 20.2 Å². The maximum Gasteiger partial charge on any atom is 0.186 e. The van der Waals surface area contributed by atoms with Crippen LogP contribution < -0.4 is 11.5 Å². The topological polar surface area (TPSA) is 106 Å². The van der Waals surface area contributed by atoms with E-state index in [9.17, 15) is 0 Å². The van der Waals surface area contributed by atoms with Gasteiger partial charge in [-0.1, -0.05) is 6.08 Å². The van der Waals surface area contributed by atoms with Gasteiger partial charge < -0.3 is 11.5 Å². The molecule has 0 saturated carbocycles. The summed E-state index contributed by atoms with van der Waals surface area (Å²) in [5.41, 5.74) is 12.5. The summed E-state index contributed by atoms with van der Waals surface area (Å²) >= 11 is 0. The molecule has 0 aliphatic rings. The number of H-pyrrole nitrogens is 1. The van der Waals surface area contributed by atoms with E-state index in [1.165, 1.54) is 6.33 Å². The average Bonchev–Trinajstić information content (AvgIpc) is 2.63. The fraction of sp³-hybridized carbons (Fsp3) is 0.222. The zero-order valence-electron chi connectivity index (χ0n) is 8.14. The molecule has 2 rings (SSSR count). The summed E-state index contributed by atoms with van der Waals surface area (Å²) in [7, 11) is 0. The second kappa shape index (κ2) is 4.05. The average molecular weight is 204 g/mol. The summed E-state index contributed by atoms with van der Waals surface area (Å²) in [4.78, 5) is 7.92. The molecule has 2 aromatic rings. The van der Waals surface area contributed by atoms with Crippen LogP contribution in [0.1, 0.15) is 12.1 Å². The van der Waals surface area contributed by atoms with Gasteiger partial charge in [-0.3, -0.25) is 5.10 Å². The molecule has 6 nitrogen and oxygen atoms in total. The molecular formula is C9H12N6. The van der Waals surface area contributed by atoms with Gasteiger partial charge in [-0.05, 0) is 19.0 Å². The van der Waals surface area contributed by atoms with Gasteiger partial charge >= 0.3 is 0 Å². The van der Waals surface area contributed by atoms with Crippen molar-refractivity contribution in [1.82, 2.24) is 20.2 Å². The Morgan fingerprint density at radius 2 is 2.27 bits per heavy atom. The zero-order valence-corrected chi connectivity index (χ0v) is 8.14. The summed E-state index contributed by atoms with van der Waals surface area (Å²) in [5, 5.41) is 7.63. The molecule has 0 aliphatic carbocycles. The molecule has 0 fully saturated rings. The molecule has 5 N–H and O–H groups in total. The Balaban J connectivity index is 2.44. The third-order valence-corrected chi connectivity index (χ3v) is 2.03. The smallest absolute Gasteiger partial charge is 0.186 e. The van der Waals surface area contributed by atoms with Crippen molar-refractivity contribution in [3.05, 3.63) is 18.1 Å². The van der Waals surface area contributed by atoms with Gasteiger partial charge in [0.2, 0.25) is 0 Å². The Labute approximate surface area is 86.4 Å². The number of hydrogen-bond donors (Lipinski definition) is 3. The molecular weight excluding hydrogens is 192 g/mol. The van der Waals surface area contributed by atoms with Gasteiger partial charge in [0.05, 0.1) is 11.1 Å². The Kier molecular flexibility index (Phi) is 2.59. The van der Waals surface area contributed by atoms with Gasteiger partial charge in [0.1, 0.15) is 12.1 Å². The van der Waals surface area contributed by atoms with Crippen LogP contribution in [-0.2, 0) is 0 Å². The Morgan fingerprint density at radius 1 is 1.40 bits per heavy atom. The van der Waals surface area contributed by atoms with Gasteiger partial charge in [-0.15, -0.1) is 0 Å². The first kappa shape index (κ1) is 9.60. The van der Waals surface area contributed by atoms with Crippen molar-refractivity contribution in [3.63, 3.8) is 0 Å². The lowest BCUT2D eigenvalue weighted by atomic mass is 10.2. The summed E-state index contributed by atoms with van der Waals surface area (Å²) in [6, 6.07) is 0. The van der Waals surface area contributed by atoms with Crippen LogP contribution in [0.2, 0.25) is 0 Å². The third-order valence-electron chi connectivity index (χ3n) is 2.03. The highest BCUT2D eigenvalue weighted by Crippen LogP contribution is 2.19. The Hall–Kier alpha value is -1.95. The highest BCUT2D eigenvalue weighted by Gasteiger charge is 2.07. The first-order chi connectivity index (χ1) is 7.33. The van der Waals surface area contributed by atoms with Crippen molar-refractivity contribution in [2.75, 3.05) is 12.3 Å².